The summed E-state index contributed by atoms with van der Waals surface area (Å²) in [6.07, 6.45) is 2.63. The predicted molar refractivity (Wildman–Crippen MR) is 121 cm³/mol. The van der Waals surface area contributed by atoms with Crippen LogP contribution in [0, 0.1) is 0 Å². The van der Waals surface area contributed by atoms with E-state index in [-0.39, 0.29) is 11.8 Å². The highest BCUT2D eigenvalue weighted by Gasteiger charge is 2.18. The summed E-state index contributed by atoms with van der Waals surface area (Å²) >= 11 is 0. The quantitative estimate of drug-likeness (QED) is 0.646. The molecule has 2 fully saturated rings. The summed E-state index contributed by atoms with van der Waals surface area (Å²) in [7, 11) is 0. The number of carbonyl (C=O) groups is 1. The van der Waals surface area contributed by atoms with Crippen LogP contribution in [0.4, 0.5) is 10.6 Å². The van der Waals surface area contributed by atoms with E-state index < -0.39 is 5.69 Å². The molecule has 3 heterocycles. The summed E-state index contributed by atoms with van der Waals surface area (Å²) < 4.78 is 1.49. The second-order valence-electron chi connectivity index (χ2n) is 8.14. The average molecular weight is 426 g/mol. The Balaban J connectivity index is 1.38. The van der Waals surface area contributed by atoms with Gasteiger partial charge in [0.05, 0.1) is 5.69 Å². The number of rotatable bonds is 5. The molecule has 0 spiro atoms. The minimum Gasteiger partial charge on any atom is -0.322 e. The predicted octanol–water partition coefficient (Wildman–Crippen LogP) is 0.506. The molecule has 1 atom stereocenters. The number of anilines is 1. The molecule has 1 aromatic carbocycles. The molecular formula is C22H31N7O2. The first kappa shape index (κ1) is 21.5. The Morgan fingerprint density at radius 3 is 2.32 bits per heavy atom. The van der Waals surface area contributed by atoms with Crippen LogP contribution in [0.15, 0.2) is 41.3 Å². The number of benzene rings is 1. The molecule has 1 aromatic heterocycles. The number of aromatic nitrogens is 2. The van der Waals surface area contributed by atoms with Gasteiger partial charge in [0.1, 0.15) is 5.82 Å². The second-order valence-corrected chi connectivity index (χ2v) is 8.14. The van der Waals surface area contributed by atoms with Crippen LogP contribution in [0.2, 0.25) is 0 Å². The molecule has 1 unspecified atom stereocenters. The van der Waals surface area contributed by atoms with Gasteiger partial charge < -0.3 is 15.5 Å². The molecule has 4 rings (SSSR count). The highest BCUT2D eigenvalue weighted by Crippen LogP contribution is 2.13. The maximum Gasteiger partial charge on any atom is 0.354 e. The van der Waals surface area contributed by atoms with Crippen LogP contribution in [0.3, 0.4) is 0 Å². The van der Waals surface area contributed by atoms with E-state index in [2.05, 4.69) is 44.9 Å². The van der Waals surface area contributed by atoms with Gasteiger partial charge in [-0.05, 0) is 37.1 Å². The van der Waals surface area contributed by atoms with Gasteiger partial charge in [-0.2, -0.15) is 4.98 Å². The molecule has 2 aliphatic heterocycles. The number of piperazine rings is 2. The van der Waals surface area contributed by atoms with E-state index in [0.29, 0.717) is 19.1 Å². The van der Waals surface area contributed by atoms with Crippen LogP contribution in [0.1, 0.15) is 12.5 Å². The summed E-state index contributed by atoms with van der Waals surface area (Å²) in [5.41, 5.74) is 1.59. The molecule has 0 radical (unpaired) electrons. The van der Waals surface area contributed by atoms with Gasteiger partial charge in [-0.3, -0.25) is 14.8 Å². The lowest BCUT2D eigenvalue weighted by molar-refractivity contribution is 0.183. The molecular weight excluding hydrogens is 394 g/mol. The monoisotopic (exact) mass is 425 g/mol. The van der Waals surface area contributed by atoms with Gasteiger partial charge in [-0.25, -0.2) is 9.59 Å². The van der Waals surface area contributed by atoms with Crippen molar-refractivity contribution in [2.45, 2.75) is 19.4 Å². The van der Waals surface area contributed by atoms with Crippen molar-refractivity contribution in [2.24, 2.45) is 0 Å². The molecule has 31 heavy (non-hydrogen) atoms. The average Bonchev–Trinajstić information content (AvgIpc) is 2.81. The number of carbonyl (C=O) groups excluding carboxylic acids is 1. The molecule has 2 saturated heterocycles. The molecule has 2 aromatic rings. The molecule has 9 heteroatoms. The van der Waals surface area contributed by atoms with Gasteiger partial charge in [0.2, 0.25) is 0 Å². The lowest BCUT2D eigenvalue weighted by atomic mass is 10.0. The minimum atomic E-state index is -0.417. The highest BCUT2D eigenvalue weighted by molar-refractivity contribution is 5.88. The van der Waals surface area contributed by atoms with Gasteiger partial charge in [0.15, 0.2) is 0 Å². The van der Waals surface area contributed by atoms with Gasteiger partial charge in [0.25, 0.3) is 0 Å². The van der Waals surface area contributed by atoms with Crippen LogP contribution in [-0.2, 0) is 6.42 Å². The molecule has 3 N–H and O–H groups in total. The van der Waals surface area contributed by atoms with Gasteiger partial charge in [0, 0.05) is 64.6 Å². The fourth-order valence-corrected chi connectivity index (χ4v) is 4.11. The Morgan fingerprint density at radius 1 is 1.03 bits per heavy atom. The van der Waals surface area contributed by atoms with Crippen LogP contribution < -0.4 is 21.6 Å². The van der Waals surface area contributed by atoms with Crippen molar-refractivity contribution in [1.29, 1.82) is 0 Å². The third-order valence-electron chi connectivity index (χ3n) is 5.96. The number of nitrogens with one attached hydrogen (secondary N) is 3. The summed E-state index contributed by atoms with van der Waals surface area (Å²) in [5.74, 6) is 0.270. The van der Waals surface area contributed by atoms with Crippen molar-refractivity contribution in [2.75, 3.05) is 57.7 Å². The fourth-order valence-electron chi connectivity index (χ4n) is 4.11. The molecule has 0 bridgehead atoms. The van der Waals surface area contributed by atoms with Crippen LogP contribution in [-0.4, -0.2) is 83.8 Å². The number of urea groups is 1. The molecule has 2 aliphatic rings. The summed E-state index contributed by atoms with van der Waals surface area (Å²) in [5, 5.41) is 9.31. The third-order valence-corrected chi connectivity index (χ3v) is 5.96. The minimum absolute atomic E-state index is 0.228. The first-order chi connectivity index (χ1) is 15.1. The molecule has 2 amide bonds. The Labute approximate surface area is 182 Å². The molecule has 166 valence electrons. The van der Waals surface area contributed by atoms with Crippen molar-refractivity contribution >= 4 is 11.8 Å². The van der Waals surface area contributed by atoms with E-state index in [0.717, 1.165) is 51.4 Å². The number of hydrogen-bond donors (Lipinski definition) is 3. The SMILES string of the molecule is CC(Cc1ccc(-n2ccc(NC(=O)N3CCNCC3)nc2=O)cc1)N1CCNCC1. The number of hydrogen-bond acceptors (Lipinski definition) is 6. The normalized spacial score (nSPS) is 18.5. The zero-order valence-electron chi connectivity index (χ0n) is 18.0. The number of nitrogens with zero attached hydrogens (tertiary/aromatic N) is 4. The van der Waals surface area contributed by atoms with E-state index in [1.807, 2.05) is 12.1 Å². The van der Waals surface area contributed by atoms with Crippen molar-refractivity contribution in [3.05, 3.63) is 52.6 Å². The second kappa shape index (κ2) is 10.0. The Kier molecular flexibility index (Phi) is 6.96. The Bertz CT molecular complexity index is 932. The van der Waals surface area contributed by atoms with Crippen molar-refractivity contribution in [3.63, 3.8) is 0 Å². The van der Waals surface area contributed by atoms with Crippen LogP contribution in [0.25, 0.3) is 5.69 Å². The number of amides is 2. The maximum absolute atomic E-state index is 12.5. The van der Waals surface area contributed by atoms with Gasteiger partial charge in [-0.15, -0.1) is 0 Å². The van der Waals surface area contributed by atoms with E-state index in [9.17, 15) is 9.59 Å². The van der Waals surface area contributed by atoms with Crippen LogP contribution in [0.5, 0.6) is 0 Å². The van der Waals surface area contributed by atoms with Gasteiger partial charge >= 0.3 is 11.7 Å². The van der Waals surface area contributed by atoms with E-state index >= 15 is 0 Å². The zero-order valence-corrected chi connectivity index (χ0v) is 18.0. The molecule has 0 aliphatic carbocycles. The first-order valence-corrected chi connectivity index (χ1v) is 11.0. The fraction of sp³-hybridized carbons (Fsp3) is 0.500. The Hall–Kier alpha value is -2.75. The standard InChI is InChI=1S/C22H31N7O2/c1-17(27-12-7-23-8-13-27)16-18-2-4-19(5-3-18)29-11-6-20(26-22(29)31)25-21(30)28-14-9-24-10-15-28/h2-6,11,17,23-24H,7-10,12-16H2,1H3,(H,25,26,30,31). The van der Waals surface area contributed by atoms with E-state index in [4.69, 9.17) is 0 Å². The van der Waals surface area contributed by atoms with Crippen molar-refractivity contribution in [3.8, 4) is 5.69 Å². The topological polar surface area (TPSA) is 94.5 Å². The molecule has 0 saturated carbocycles. The maximum atomic E-state index is 12.5. The summed E-state index contributed by atoms with van der Waals surface area (Å²) in [4.78, 5) is 33.1. The summed E-state index contributed by atoms with van der Waals surface area (Å²) in [6.45, 7) is 9.34. The third kappa shape index (κ3) is 5.49. The summed E-state index contributed by atoms with van der Waals surface area (Å²) in [6, 6.07) is 9.94. The largest absolute Gasteiger partial charge is 0.354 e. The smallest absolute Gasteiger partial charge is 0.322 e. The first-order valence-electron chi connectivity index (χ1n) is 11.0. The van der Waals surface area contributed by atoms with Crippen molar-refractivity contribution in [1.82, 2.24) is 30.0 Å². The zero-order chi connectivity index (χ0) is 21.6. The van der Waals surface area contributed by atoms with Gasteiger partial charge in [-0.1, -0.05) is 12.1 Å². The highest BCUT2D eigenvalue weighted by atomic mass is 16.2. The van der Waals surface area contributed by atoms with E-state index in [1.165, 1.54) is 10.1 Å². The molecule has 9 nitrogen and oxygen atoms in total. The van der Waals surface area contributed by atoms with Crippen LogP contribution >= 0.6 is 0 Å². The Morgan fingerprint density at radius 2 is 1.68 bits per heavy atom. The van der Waals surface area contributed by atoms with E-state index in [1.54, 1.807) is 17.2 Å². The van der Waals surface area contributed by atoms with Crippen molar-refractivity contribution < 1.29 is 4.79 Å². The lowest BCUT2D eigenvalue weighted by Gasteiger charge is -2.32. The lowest BCUT2D eigenvalue weighted by Crippen LogP contribution is -2.48.